The van der Waals surface area contributed by atoms with Crippen molar-refractivity contribution in [2.45, 2.75) is 10.9 Å². The molecule has 0 spiro atoms. The van der Waals surface area contributed by atoms with Crippen LogP contribution in [0.3, 0.4) is 0 Å². The summed E-state index contributed by atoms with van der Waals surface area (Å²) in [5, 5.41) is 11.4. The molecule has 1 saturated heterocycles. The van der Waals surface area contributed by atoms with E-state index in [9.17, 15) is 8.42 Å². The molecule has 0 atom stereocenters. The quantitative estimate of drug-likeness (QED) is 0.731. The van der Waals surface area contributed by atoms with Crippen LogP contribution in [0.2, 0.25) is 0 Å². The SMILES string of the molecule is Cn1cc(S(=O)(=O)N2CC(n3ccnn3)C2)cn1. The number of aromatic nitrogens is 5. The highest BCUT2D eigenvalue weighted by Gasteiger charge is 2.38. The lowest BCUT2D eigenvalue weighted by molar-refractivity contribution is 0.189. The molecule has 1 aliphatic heterocycles. The normalized spacial score (nSPS) is 17.8. The number of sulfonamides is 1. The monoisotopic (exact) mass is 268 g/mol. The molecular formula is C9H12N6O2S. The lowest BCUT2D eigenvalue weighted by Gasteiger charge is -2.37. The van der Waals surface area contributed by atoms with Gasteiger partial charge in [-0.2, -0.15) is 9.40 Å². The summed E-state index contributed by atoms with van der Waals surface area (Å²) in [5.41, 5.74) is 0. The minimum absolute atomic E-state index is 0.0685. The molecule has 0 bridgehead atoms. The standard InChI is InChI=1S/C9H12N6O2S/c1-13-7-9(4-11-13)18(16,17)14-5-8(6-14)15-3-2-10-12-15/h2-4,7-8H,5-6H2,1H3. The van der Waals surface area contributed by atoms with Gasteiger partial charge in [-0.25, -0.2) is 13.1 Å². The van der Waals surface area contributed by atoms with E-state index >= 15 is 0 Å². The Bertz CT molecular complexity index is 640. The molecule has 3 rings (SSSR count). The third-order valence-electron chi connectivity index (χ3n) is 2.96. The maximum atomic E-state index is 12.2. The van der Waals surface area contributed by atoms with Crippen molar-refractivity contribution >= 4 is 10.0 Å². The summed E-state index contributed by atoms with van der Waals surface area (Å²) in [4.78, 5) is 0.224. The molecule has 0 N–H and O–H groups in total. The predicted octanol–water partition coefficient (Wildman–Crippen LogP) is -0.743. The highest BCUT2D eigenvalue weighted by Crippen LogP contribution is 2.27. The molecule has 96 valence electrons. The maximum Gasteiger partial charge on any atom is 0.246 e. The lowest BCUT2D eigenvalue weighted by atomic mass is 10.2. The summed E-state index contributed by atoms with van der Waals surface area (Å²) < 4.78 is 28.9. The van der Waals surface area contributed by atoms with Crippen LogP contribution in [0, 0.1) is 0 Å². The van der Waals surface area contributed by atoms with Crippen molar-refractivity contribution in [3.8, 4) is 0 Å². The van der Waals surface area contributed by atoms with Gasteiger partial charge in [0.2, 0.25) is 10.0 Å². The Balaban J connectivity index is 1.75. The first-order valence-corrected chi connectivity index (χ1v) is 6.86. The molecule has 0 amide bonds. The van der Waals surface area contributed by atoms with Gasteiger partial charge in [0.25, 0.3) is 0 Å². The van der Waals surface area contributed by atoms with Gasteiger partial charge in [-0.1, -0.05) is 5.21 Å². The van der Waals surface area contributed by atoms with Crippen molar-refractivity contribution in [2.24, 2.45) is 7.05 Å². The molecular weight excluding hydrogens is 256 g/mol. The largest absolute Gasteiger partial charge is 0.274 e. The predicted molar refractivity (Wildman–Crippen MR) is 61.0 cm³/mol. The number of hydrogen-bond donors (Lipinski definition) is 0. The van der Waals surface area contributed by atoms with Crippen LogP contribution in [-0.2, 0) is 17.1 Å². The van der Waals surface area contributed by atoms with E-state index in [1.807, 2.05) is 0 Å². The molecule has 0 aromatic carbocycles. The Kier molecular flexibility index (Phi) is 2.45. The van der Waals surface area contributed by atoms with Crippen molar-refractivity contribution in [2.75, 3.05) is 13.1 Å². The fraction of sp³-hybridized carbons (Fsp3) is 0.444. The van der Waals surface area contributed by atoms with Gasteiger partial charge in [-0.3, -0.25) is 4.68 Å². The number of nitrogens with zero attached hydrogens (tertiary/aromatic N) is 6. The zero-order valence-electron chi connectivity index (χ0n) is 9.71. The first-order chi connectivity index (χ1) is 8.57. The topological polar surface area (TPSA) is 85.9 Å². The minimum atomic E-state index is -3.42. The third kappa shape index (κ3) is 1.71. The average Bonchev–Trinajstić information content (AvgIpc) is 2.86. The molecule has 0 radical (unpaired) electrons. The van der Waals surface area contributed by atoms with Crippen LogP contribution in [0.4, 0.5) is 0 Å². The highest BCUT2D eigenvalue weighted by molar-refractivity contribution is 7.89. The van der Waals surface area contributed by atoms with E-state index in [1.165, 1.54) is 21.4 Å². The molecule has 8 nitrogen and oxygen atoms in total. The van der Waals surface area contributed by atoms with E-state index in [2.05, 4.69) is 15.4 Å². The average molecular weight is 268 g/mol. The van der Waals surface area contributed by atoms with Crippen molar-refractivity contribution in [3.05, 3.63) is 24.8 Å². The van der Waals surface area contributed by atoms with Crippen LogP contribution in [0.5, 0.6) is 0 Å². The molecule has 0 aliphatic carbocycles. The second kappa shape index (κ2) is 3.89. The fourth-order valence-corrected chi connectivity index (χ4v) is 3.37. The summed E-state index contributed by atoms with van der Waals surface area (Å²) in [6.45, 7) is 0.834. The highest BCUT2D eigenvalue weighted by atomic mass is 32.2. The van der Waals surface area contributed by atoms with Gasteiger partial charge in [0.05, 0.1) is 18.4 Å². The molecule has 9 heteroatoms. The second-order valence-corrected chi connectivity index (χ2v) is 6.15. The second-order valence-electron chi connectivity index (χ2n) is 4.21. The van der Waals surface area contributed by atoms with E-state index in [1.54, 1.807) is 24.1 Å². The Labute approximate surface area is 104 Å². The summed E-state index contributed by atoms with van der Waals surface area (Å²) in [6, 6.07) is 0.0685. The molecule has 18 heavy (non-hydrogen) atoms. The van der Waals surface area contributed by atoms with Gasteiger partial charge in [0.15, 0.2) is 0 Å². The van der Waals surface area contributed by atoms with Gasteiger partial charge >= 0.3 is 0 Å². The summed E-state index contributed by atoms with van der Waals surface area (Å²) in [7, 11) is -1.73. The fourth-order valence-electron chi connectivity index (χ4n) is 1.87. The van der Waals surface area contributed by atoms with Crippen LogP contribution in [0.1, 0.15) is 6.04 Å². The molecule has 0 saturated carbocycles. The van der Waals surface area contributed by atoms with E-state index in [-0.39, 0.29) is 10.9 Å². The van der Waals surface area contributed by atoms with Crippen LogP contribution in [-0.4, -0.2) is 50.6 Å². The lowest BCUT2D eigenvalue weighted by Crippen LogP contribution is -2.50. The summed E-state index contributed by atoms with van der Waals surface area (Å²) in [6.07, 6.45) is 6.17. The molecule has 3 heterocycles. The molecule has 1 aliphatic rings. The smallest absolute Gasteiger partial charge is 0.246 e. The molecule has 1 fully saturated rings. The summed E-state index contributed by atoms with van der Waals surface area (Å²) >= 11 is 0. The number of aryl methyl sites for hydroxylation is 1. The van der Waals surface area contributed by atoms with Gasteiger partial charge in [0.1, 0.15) is 4.90 Å². The van der Waals surface area contributed by atoms with Crippen molar-refractivity contribution in [1.29, 1.82) is 0 Å². The molecule has 0 unspecified atom stereocenters. The van der Waals surface area contributed by atoms with Crippen molar-refractivity contribution < 1.29 is 8.42 Å². The third-order valence-corrected chi connectivity index (χ3v) is 4.75. The Morgan fingerprint density at radius 1 is 1.39 bits per heavy atom. The Hall–Kier alpha value is -1.74. The van der Waals surface area contributed by atoms with E-state index in [0.29, 0.717) is 13.1 Å². The number of hydrogen-bond acceptors (Lipinski definition) is 5. The van der Waals surface area contributed by atoms with Gasteiger partial charge in [-0.15, -0.1) is 5.10 Å². The van der Waals surface area contributed by atoms with Crippen LogP contribution < -0.4 is 0 Å². The summed E-state index contributed by atoms with van der Waals surface area (Å²) in [5.74, 6) is 0. The Morgan fingerprint density at radius 3 is 2.72 bits per heavy atom. The van der Waals surface area contributed by atoms with E-state index in [4.69, 9.17) is 0 Å². The van der Waals surface area contributed by atoms with Crippen molar-refractivity contribution in [3.63, 3.8) is 0 Å². The Morgan fingerprint density at radius 2 is 2.17 bits per heavy atom. The first-order valence-electron chi connectivity index (χ1n) is 5.42. The number of rotatable bonds is 3. The zero-order chi connectivity index (χ0) is 12.8. The van der Waals surface area contributed by atoms with E-state index in [0.717, 1.165) is 0 Å². The minimum Gasteiger partial charge on any atom is -0.274 e. The van der Waals surface area contributed by atoms with Gasteiger partial charge < -0.3 is 0 Å². The van der Waals surface area contributed by atoms with Crippen LogP contribution in [0.25, 0.3) is 0 Å². The first kappa shape index (κ1) is 11.4. The molecule has 2 aromatic rings. The van der Waals surface area contributed by atoms with Crippen LogP contribution >= 0.6 is 0 Å². The zero-order valence-corrected chi connectivity index (χ0v) is 10.5. The van der Waals surface area contributed by atoms with E-state index < -0.39 is 10.0 Å². The van der Waals surface area contributed by atoms with Gasteiger partial charge in [-0.05, 0) is 0 Å². The molecule has 2 aromatic heterocycles. The maximum absolute atomic E-state index is 12.2. The van der Waals surface area contributed by atoms with Gasteiger partial charge in [0, 0.05) is 32.5 Å². The van der Waals surface area contributed by atoms with Crippen molar-refractivity contribution in [1.82, 2.24) is 29.1 Å². The van der Waals surface area contributed by atoms with Crippen LogP contribution in [0.15, 0.2) is 29.7 Å².